The van der Waals surface area contributed by atoms with Crippen LogP contribution in [0, 0.1) is 0 Å². The highest BCUT2D eigenvalue weighted by Gasteiger charge is 2.14. The third kappa shape index (κ3) is 1.22. The Hall–Kier alpha value is -2.43. The number of aromatic nitrogens is 4. The summed E-state index contributed by atoms with van der Waals surface area (Å²) >= 11 is 0. The summed E-state index contributed by atoms with van der Waals surface area (Å²) in [7, 11) is 0. The van der Waals surface area contributed by atoms with Gasteiger partial charge in [0.05, 0.1) is 0 Å². The number of aromatic amines is 3. The minimum absolute atomic E-state index is 0.226. The fourth-order valence-electron chi connectivity index (χ4n) is 1.71. The summed E-state index contributed by atoms with van der Waals surface area (Å²) in [5.74, 6) is 0. The normalized spacial score (nSPS) is 10.8. The molecule has 3 aromatic rings. The third-order valence-electron chi connectivity index (χ3n) is 2.46. The van der Waals surface area contributed by atoms with E-state index in [1.54, 1.807) is 6.33 Å². The summed E-state index contributed by atoms with van der Waals surface area (Å²) in [5, 5.41) is 6.53. The maximum Gasteiger partial charge on any atom is 0.315 e. The average molecular weight is 213 g/mol. The van der Waals surface area contributed by atoms with Gasteiger partial charge in [-0.25, -0.2) is 15.1 Å². The molecule has 3 N–H and O–H groups in total. The first kappa shape index (κ1) is 8.84. The van der Waals surface area contributed by atoms with Crippen molar-refractivity contribution in [3.05, 3.63) is 47.0 Å². The largest absolute Gasteiger partial charge is 0.315 e. The molecule has 0 aliphatic heterocycles. The smallest absolute Gasteiger partial charge is 0.263 e. The van der Waals surface area contributed by atoms with Crippen LogP contribution in [0.15, 0.2) is 41.5 Å². The summed E-state index contributed by atoms with van der Waals surface area (Å²) in [6.07, 6.45) is 1.62. The number of imidazole rings is 1. The second kappa shape index (κ2) is 3.30. The lowest BCUT2D eigenvalue weighted by Gasteiger charge is -1.97. The van der Waals surface area contributed by atoms with Crippen LogP contribution in [0.5, 0.6) is 0 Å². The van der Waals surface area contributed by atoms with Crippen LogP contribution in [0.4, 0.5) is 0 Å². The molecule has 0 atom stereocenters. The van der Waals surface area contributed by atoms with Crippen LogP contribution in [0.3, 0.4) is 0 Å². The van der Waals surface area contributed by atoms with Crippen molar-refractivity contribution in [2.45, 2.75) is 0 Å². The molecule has 0 radical (unpaired) electrons. The minimum atomic E-state index is -0.226. The van der Waals surface area contributed by atoms with Gasteiger partial charge in [-0.1, -0.05) is 30.3 Å². The highest BCUT2D eigenvalue weighted by Crippen LogP contribution is 2.19. The standard InChI is InChI=1S/C11H8N4O/c16-11-10-9(12-6-13-10)8(14-15-11)7-4-2-1-3-5-7/h1-6H,(H,12,13)(H,15,16)/p+1. The van der Waals surface area contributed by atoms with Crippen molar-refractivity contribution in [1.82, 2.24) is 15.2 Å². The highest BCUT2D eigenvalue weighted by molar-refractivity contribution is 5.85. The number of hydrogen-bond acceptors (Lipinski definition) is 2. The SMILES string of the molecule is O=c1[nH]nc(-c2ccccc2)c2[nH+]c[nH]c12. The predicted octanol–water partition coefficient (Wildman–Crippen LogP) is 0.732. The Bertz CT molecular complexity index is 684. The molecule has 5 nitrogen and oxygen atoms in total. The fraction of sp³-hybridized carbons (Fsp3) is 0. The van der Waals surface area contributed by atoms with Gasteiger partial charge in [0, 0.05) is 5.56 Å². The third-order valence-corrected chi connectivity index (χ3v) is 2.46. The second-order valence-electron chi connectivity index (χ2n) is 3.45. The molecule has 0 spiro atoms. The summed E-state index contributed by atoms with van der Waals surface area (Å²) in [5.41, 5.74) is 2.69. The molecule has 0 amide bonds. The molecule has 0 fully saturated rings. The molecule has 78 valence electrons. The molecule has 0 unspecified atom stereocenters. The van der Waals surface area contributed by atoms with Crippen LogP contribution in [0.2, 0.25) is 0 Å². The van der Waals surface area contributed by atoms with Gasteiger partial charge in [-0.2, -0.15) is 5.10 Å². The number of hydrogen-bond donors (Lipinski definition) is 2. The lowest BCUT2D eigenvalue weighted by molar-refractivity contribution is -0.344. The van der Waals surface area contributed by atoms with E-state index in [1.807, 2.05) is 30.3 Å². The molecule has 5 heteroatoms. The van der Waals surface area contributed by atoms with Crippen LogP contribution in [-0.2, 0) is 0 Å². The van der Waals surface area contributed by atoms with Crippen molar-refractivity contribution in [3.8, 4) is 11.3 Å². The van der Waals surface area contributed by atoms with Crippen LogP contribution >= 0.6 is 0 Å². The number of nitrogens with zero attached hydrogens (tertiary/aromatic N) is 1. The number of fused-ring (bicyclic) bond motifs is 1. The highest BCUT2D eigenvalue weighted by atomic mass is 16.1. The zero-order valence-electron chi connectivity index (χ0n) is 8.32. The Morgan fingerprint density at radius 3 is 2.81 bits per heavy atom. The molecule has 0 saturated heterocycles. The van der Waals surface area contributed by atoms with Crippen molar-refractivity contribution in [1.29, 1.82) is 0 Å². The van der Waals surface area contributed by atoms with E-state index in [0.29, 0.717) is 5.52 Å². The van der Waals surface area contributed by atoms with Gasteiger partial charge in [0.2, 0.25) is 17.4 Å². The lowest BCUT2D eigenvalue weighted by Crippen LogP contribution is -2.11. The second-order valence-corrected chi connectivity index (χ2v) is 3.45. The number of rotatable bonds is 1. The van der Waals surface area contributed by atoms with E-state index in [-0.39, 0.29) is 5.56 Å². The molecule has 1 aromatic carbocycles. The van der Waals surface area contributed by atoms with Crippen molar-refractivity contribution in [2.24, 2.45) is 0 Å². The Morgan fingerprint density at radius 2 is 2.00 bits per heavy atom. The number of benzene rings is 1. The molecular weight excluding hydrogens is 204 g/mol. The Kier molecular flexibility index (Phi) is 1.83. The Morgan fingerprint density at radius 1 is 1.19 bits per heavy atom. The first-order valence-corrected chi connectivity index (χ1v) is 4.89. The molecule has 0 bridgehead atoms. The van der Waals surface area contributed by atoms with E-state index in [1.165, 1.54) is 0 Å². The van der Waals surface area contributed by atoms with E-state index in [4.69, 9.17) is 0 Å². The molecule has 3 rings (SSSR count). The topological polar surface area (TPSA) is 75.7 Å². The van der Waals surface area contributed by atoms with Crippen LogP contribution in [0.25, 0.3) is 22.3 Å². The summed E-state index contributed by atoms with van der Waals surface area (Å²) < 4.78 is 0. The molecule has 2 aromatic heterocycles. The van der Waals surface area contributed by atoms with E-state index in [0.717, 1.165) is 16.8 Å². The molecular formula is C11H9N4O+. The lowest BCUT2D eigenvalue weighted by atomic mass is 10.1. The fourth-order valence-corrected chi connectivity index (χ4v) is 1.71. The Balaban J connectivity index is 2.37. The van der Waals surface area contributed by atoms with Crippen LogP contribution in [-0.4, -0.2) is 15.2 Å². The van der Waals surface area contributed by atoms with E-state index in [2.05, 4.69) is 20.2 Å². The minimum Gasteiger partial charge on any atom is -0.263 e. The first-order chi connectivity index (χ1) is 7.86. The van der Waals surface area contributed by atoms with Crippen LogP contribution in [0.1, 0.15) is 0 Å². The summed E-state index contributed by atoms with van der Waals surface area (Å²) in [6, 6.07) is 9.69. The van der Waals surface area contributed by atoms with Gasteiger partial charge < -0.3 is 0 Å². The molecule has 16 heavy (non-hydrogen) atoms. The monoisotopic (exact) mass is 213 g/mol. The van der Waals surface area contributed by atoms with Crippen LogP contribution < -0.4 is 10.5 Å². The Labute approximate surface area is 90.2 Å². The van der Waals surface area contributed by atoms with Crippen molar-refractivity contribution < 1.29 is 4.98 Å². The van der Waals surface area contributed by atoms with E-state index < -0.39 is 0 Å². The van der Waals surface area contributed by atoms with E-state index in [9.17, 15) is 4.79 Å². The number of H-pyrrole nitrogens is 3. The van der Waals surface area contributed by atoms with Gasteiger partial charge in [0.25, 0.3) is 0 Å². The predicted molar refractivity (Wildman–Crippen MR) is 58.7 cm³/mol. The van der Waals surface area contributed by atoms with Gasteiger partial charge in [0.1, 0.15) is 5.69 Å². The van der Waals surface area contributed by atoms with Gasteiger partial charge in [0.15, 0.2) is 0 Å². The van der Waals surface area contributed by atoms with Gasteiger partial charge in [-0.15, -0.1) is 0 Å². The molecule has 0 aliphatic rings. The zero-order valence-corrected chi connectivity index (χ0v) is 8.32. The van der Waals surface area contributed by atoms with Gasteiger partial charge in [-0.3, -0.25) is 4.79 Å². The molecule has 0 saturated carbocycles. The summed E-state index contributed by atoms with van der Waals surface area (Å²) in [6.45, 7) is 0. The zero-order chi connectivity index (χ0) is 11.0. The van der Waals surface area contributed by atoms with Crippen molar-refractivity contribution in [2.75, 3.05) is 0 Å². The van der Waals surface area contributed by atoms with Crippen molar-refractivity contribution in [3.63, 3.8) is 0 Å². The first-order valence-electron chi connectivity index (χ1n) is 4.89. The van der Waals surface area contributed by atoms with Gasteiger partial charge in [-0.05, 0) is 0 Å². The van der Waals surface area contributed by atoms with Gasteiger partial charge >= 0.3 is 5.56 Å². The maximum absolute atomic E-state index is 11.5. The average Bonchev–Trinajstić information content (AvgIpc) is 2.81. The van der Waals surface area contributed by atoms with E-state index >= 15 is 0 Å². The van der Waals surface area contributed by atoms with Crippen molar-refractivity contribution >= 4 is 11.0 Å². The molecule has 2 heterocycles. The quantitative estimate of drug-likeness (QED) is 0.625. The maximum atomic E-state index is 11.5. The molecule has 0 aliphatic carbocycles. The number of nitrogens with one attached hydrogen (secondary N) is 3. The summed E-state index contributed by atoms with van der Waals surface area (Å²) in [4.78, 5) is 17.3.